The molecular weight excluding hydrogens is 284 g/mol. The third kappa shape index (κ3) is 2.78. The SMILES string of the molecule is COc1cccc(C2(NC(=O)c3cnsc3)CCCC2)c1. The number of methoxy groups -OCH3 is 1. The molecule has 110 valence electrons. The molecule has 0 bridgehead atoms. The second-order valence-corrected chi connectivity index (χ2v) is 6.05. The first-order valence-electron chi connectivity index (χ1n) is 7.10. The lowest BCUT2D eigenvalue weighted by Crippen LogP contribution is -2.43. The Hall–Kier alpha value is -1.88. The lowest BCUT2D eigenvalue weighted by Gasteiger charge is -2.31. The molecule has 21 heavy (non-hydrogen) atoms. The zero-order chi connectivity index (χ0) is 14.7. The van der Waals surface area contributed by atoms with Crippen LogP contribution in [-0.4, -0.2) is 17.4 Å². The Morgan fingerprint density at radius 2 is 2.19 bits per heavy atom. The van der Waals surface area contributed by atoms with Crippen LogP contribution < -0.4 is 10.1 Å². The Morgan fingerprint density at radius 3 is 2.86 bits per heavy atom. The monoisotopic (exact) mass is 302 g/mol. The van der Waals surface area contributed by atoms with E-state index in [1.165, 1.54) is 11.5 Å². The van der Waals surface area contributed by atoms with Gasteiger partial charge < -0.3 is 10.1 Å². The number of aromatic nitrogens is 1. The Labute approximate surface area is 128 Å². The molecule has 0 saturated heterocycles. The standard InChI is InChI=1S/C16H18N2O2S/c1-20-14-6-4-5-13(9-14)16(7-2-3-8-16)18-15(19)12-10-17-21-11-12/h4-6,9-11H,2-3,7-8H2,1H3,(H,18,19). The van der Waals surface area contributed by atoms with E-state index in [9.17, 15) is 4.79 Å². The number of hydrogen-bond donors (Lipinski definition) is 1. The molecule has 1 saturated carbocycles. The Bertz CT molecular complexity index is 619. The van der Waals surface area contributed by atoms with E-state index in [0.29, 0.717) is 5.56 Å². The maximum absolute atomic E-state index is 12.4. The quantitative estimate of drug-likeness (QED) is 0.942. The van der Waals surface area contributed by atoms with Crippen molar-refractivity contribution in [2.24, 2.45) is 0 Å². The molecule has 1 fully saturated rings. The number of amides is 1. The van der Waals surface area contributed by atoms with Crippen LogP contribution in [0.1, 0.15) is 41.6 Å². The maximum Gasteiger partial charge on any atom is 0.254 e. The zero-order valence-electron chi connectivity index (χ0n) is 12.0. The summed E-state index contributed by atoms with van der Waals surface area (Å²) in [6.45, 7) is 0. The minimum Gasteiger partial charge on any atom is -0.497 e. The van der Waals surface area contributed by atoms with Gasteiger partial charge in [-0.05, 0) is 42.1 Å². The molecule has 0 unspecified atom stereocenters. The molecule has 2 aromatic rings. The van der Waals surface area contributed by atoms with Crippen molar-refractivity contribution < 1.29 is 9.53 Å². The van der Waals surface area contributed by atoms with Crippen LogP contribution in [0.3, 0.4) is 0 Å². The van der Waals surface area contributed by atoms with Gasteiger partial charge >= 0.3 is 0 Å². The summed E-state index contributed by atoms with van der Waals surface area (Å²) in [6.07, 6.45) is 5.79. The highest BCUT2D eigenvalue weighted by molar-refractivity contribution is 7.03. The summed E-state index contributed by atoms with van der Waals surface area (Å²) in [5.74, 6) is 0.777. The first-order chi connectivity index (χ1) is 10.2. The summed E-state index contributed by atoms with van der Waals surface area (Å²) >= 11 is 1.30. The van der Waals surface area contributed by atoms with E-state index in [-0.39, 0.29) is 11.4 Å². The highest BCUT2D eigenvalue weighted by Crippen LogP contribution is 2.40. The topological polar surface area (TPSA) is 51.2 Å². The van der Waals surface area contributed by atoms with Gasteiger partial charge in [0.1, 0.15) is 5.75 Å². The third-order valence-electron chi connectivity index (χ3n) is 4.13. The molecule has 0 spiro atoms. The highest BCUT2D eigenvalue weighted by Gasteiger charge is 2.37. The number of rotatable bonds is 4. The zero-order valence-corrected chi connectivity index (χ0v) is 12.8. The molecule has 0 atom stereocenters. The average Bonchev–Trinajstić information content (AvgIpc) is 3.19. The third-order valence-corrected chi connectivity index (χ3v) is 4.71. The molecule has 5 heteroatoms. The smallest absolute Gasteiger partial charge is 0.254 e. The van der Waals surface area contributed by atoms with Gasteiger partial charge in [-0.25, -0.2) is 4.37 Å². The van der Waals surface area contributed by atoms with Gasteiger partial charge in [0, 0.05) is 5.38 Å². The van der Waals surface area contributed by atoms with Gasteiger partial charge in [0.25, 0.3) is 5.91 Å². The van der Waals surface area contributed by atoms with E-state index in [0.717, 1.165) is 37.0 Å². The van der Waals surface area contributed by atoms with E-state index in [1.807, 2.05) is 18.2 Å². The maximum atomic E-state index is 12.4. The van der Waals surface area contributed by atoms with Crippen molar-refractivity contribution in [1.82, 2.24) is 9.69 Å². The number of ether oxygens (including phenoxy) is 1. The first kappa shape index (κ1) is 14.1. The first-order valence-corrected chi connectivity index (χ1v) is 7.94. The van der Waals surface area contributed by atoms with Crippen LogP contribution in [0.5, 0.6) is 5.75 Å². The van der Waals surface area contributed by atoms with Gasteiger partial charge in [-0.2, -0.15) is 0 Å². The fraction of sp³-hybridized carbons (Fsp3) is 0.375. The second-order valence-electron chi connectivity index (χ2n) is 5.39. The van der Waals surface area contributed by atoms with Crippen molar-refractivity contribution in [3.63, 3.8) is 0 Å². The number of nitrogens with one attached hydrogen (secondary N) is 1. The summed E-state index contributed by atoms with van der Waals surface area (Å²) in [4.78, 5) is 12.4. The molecule has 1 aliphatic rings. The molecule has 1 aromatic carbocycles. The molecule has 1 aliphatic carbocycles. The Morgan fingerprint density at radius 1 is 1.38 bits per heavy atom. The van der Waals surface area contributed by atoms with Crippen LogP contribution in [-0.2, 0) is 5.54 Å². The highest BCUT2D eigenvalue weighted by atomic mass is 32.1. The van der Waals surface area contributed by atoms with Crippen molar-refractivity contribution in [3.05, 3.63) is 47.0 Å². The van der Waals surface area contributed by atoms with Crippen LogP contribution in [0.2, 0.25) is 0 Å². The van der Waals surface area contributed by atoms with E-state index in [1.54, 1.807) is 18.7 Å². The van der Waals surface area contributed by atoms with Crippen molar-refractivity contribution in [2.75, 3.05) is 7.11 Å². The number of hydrogen-bond acceptors (Lipinski definition) is 4. The van der Waals surface area contributed by atoms with Crippen LogP contribution in [0.25, 0.3) is 0 Å². The van der Waals surface area contributed by atoms with E-state index in [4.69, 9.17) is 4.74 Å². The molecule has 4 nitrogen and oxygen atoms in total. The molecule has 1 heterocycles. The van der Waals surface area contributed by atoms with Crippen molar-refractivity contribution >= 4 is 17.4 Å². The van der Waals surface area contributed by atoms with E-state index < -0.39 is 0 Å². The van der Waals surface area contributed by atoms with E-state index in [2.05, 4.69) is 15.8 Å². The molecule has 3 rings (SSSR count). The van der Waals surface area contributed by atoms with Crippen molar-refractivity contribution in [1.29, 1.82) is 0 Å². The van der Waals surface area contributed by atoms with E-state index >= 15 is 0 Å². The summed E-state index contributed by atoms with van der Waals surface area (Å²) in [6, 6.07) is 8.00. The fourth-order valence-corrected chi connectivity index (χ4v) is 3.51. The largest absolute Gasteiger partial charge is 0.497 e. The molecule has 1 amide bonds. The predicted molar refractivity (Wildman–Crippen MR) is 82.7 cm³/mol. The molecule has 1 aromatic heterocycles. The van der Waals surface area contributed by atoms with Crippen LogP contribution in [0.15, 0.2) is 35.8 Å². The average molecular weight is 302 g/mol. The van der Waals surface area contributed by atoms with Gasteiger partial charge in [-0.1, -0.05) is 25.0 Å². The van der Waals surface area contributed by atoms with Crippen LogP contribution >= 0.6 is 11.5 Å². The van der Waals surface area contributed by atoms with Gasteiger partial charge in [0.15, 0.2) is 0 Å². The van der Waals surface area contributed by atoms with Gasteiger partial charge in [-0.3, -0.25) is 4.79 Å². The van der Waals surface area contributed by atoms with Crippen molar-refractivity contribution in [3.8, 4) is 5.75 Å². The number of benzene rings is 1. The lowest BCUT2D eigenvalue weighted by molar-refractivity contribution is 0.0898. The predicted octanol–water partition coefficient (Wildman–Crippen LogP) is 3.35. The minimum atomic E-state index is -0.284. The summed E-state index contributed by atoms with van der Waals surface area (Å²) in [5, 5.41) is 5.02. The molecular formula is C16H18N2O2S. The summed E-state index contributed by atoms with van der Waals surface area (Å²) in [7, 11) is 1.66. The summed E-state index contributed by atoms with van der Waals surface area (Å²) in [5.41, 5.74) is 1.47. The number of carbonyl (C=O) groups excluding carboxylic acids is 1. The number of nitrogens with zero attached hydrogens (tertiary/aromatic N) is 1. The Kier molecular flexibility index (Phi) is 3.92. The van der Waals surface area contributed by atoms with Gasteiger partial charge in [-0.15, -0.1) is 0 Å². The number of carbonyl (C=O) groups is 1. The minimum absolute atomic E-state index is 0.0477. The van der Waals surface area contributed by atoms with Gasteiger partial charge in [0.2, 0.25) is 0 Å². The normalized spacial score (nSPS) is 16.6. The summed E-state index contributed by atoms with van der Waals surface area (Å²) < 4.78 is 9.32. The van der Waals surface area contributed by atoms with Crippen molar-refractivity contribution in [2.45, 2.75) is 31.2 Å². The van der Waals surface area contributed by atoms with Gasteiger partial charge in [0.05, 0.1) is 24.4 Å². The Balaban J connectivity index is 1.90. The van der Waals surface area contributed by atoms with Crippen LogP contribution in [0.4, 0.5) is 0 Å². The lowest BCUT2D eigenvalue weighted by atomic mass is 9.87. The molecule has 0 radical (unpaired) electrons. The molecule has 1 N–H and O–H groups in total. The fourth-order valence-electron chi connectivity index (χ4n) is 2.99. The second kappa shape index (κ2) is 5.85. The molecule has 0 aliphatic heterocycles. The van der Waals surface area contributed by atoms with Crippen LogP contribution in [0, 0.1) is 0 Å².